The number of hydrogen-bond acceptors (Lipinski definition) is 5. The lowest BCUT2D eigenvalue weighted by molar-refractivity contribution is -0.384. The molecular formula is C13H15N3O3S. The first kappa shape index (κ1) is 14.5. The molecule has 7 heteroatoms. The van der Waals surface area contributed by atoms with E-state index in [-0.39, 0.29) is 16.0 Å². The summed E-state index contributed by atoms with van der Waals surface area (Å²) in [5.74, 6) is 0. The van der Waals surface area contributed by atoms with Crippen LogP contribution in [0.4, 0.5) is 11.4 Å². The van der Waals surface area contributed by atoms with Crippen molar-refractivity contribution in [2.45, 2.75) is 24.0 Å². The number of benzene rings is 1. The number of rotatable bonds is 5. The zero-order valence-electron chi connectivity index (χ0n) is 11.1. The molecule has 0 bridgehead atoms. The standard InChI is InChI=1S/C13H15N3O3S/c1-20(19)13(5-2-6-13)9-15-12-4-3-11(16(17)18)7-10(12)8-14/h3-4,7,15H,2,5-6,9H2,1H3. The molecule has 0 spiro atoms. The predicted molar refractivity (Wildman–Crippen MR) is 76.9 cm³/mol. The molecule has 1 N–H and O–H groups in total. The fraction of sp³-hybridized carbons (Fsp3) is 0.462. The van der Waals surface area contributed by atoms with Crippen LogP contribution < -0.4 is 5.32 Å². The molecule has 0 heterocycles. The van der Waals surface area contributed by atoms with E-state index in [1.807, 2.05) is 6.07 Å². The highest BCUT2D eigenvalue weighted by molar-refractivity contribution is 7.85. The van der Waals surface area contributed by atoms with Crippen molar-refractivity contribution in [1.82, 2.24) is 0 Å². The molecule has 20 heavy (non-hydrogen) atoms. The topological polar surface area (TPSA) is 96.0 Å². The predicted octanol–water partition coefficient (Wildman–Crippen LogP) is 2.18. The molecule has 1 saturated carbocycles. The Balaban J connectivity index is 2.16. The van der Waals surface area contributed by atoms with Crippen LogP contribution in [0.5, 0.6) is 0 Å². The van der Waals surface area contributed by atoms with Gasteiger partial charge in [-0.05, 0) is 18.9 Å². The Bertz CT molecular complexity index is 605. The first-order valence-corrected chi connectivity index (χ1v) is 7.80. The lowest BCUT2D eigenvalue weighted by Crippen LogP contribution is -2.47. The Morgan fingerprint density at radius 1 is 1.55 bits per heavy atom. The van der Waals surface area contributed by atoms with Gasteiger partial charge < -0.3 is 5.32 Å². The Labute approximate surface area is 119 Å². The van der Waals surface area contributed by atoms with Crippen molar-refractivity contribution in [3.8, 4) is 6.07 Å². The Morgan fingerprint density at radius 2 is 2.25 bits per heavy atom. The van der Waals surface area contributed by atoms with E-state index in [1.165, 1.54) is 18.2 Å². The smallest absolute Gasteiger partial charge is 0.270 e. The van der Waals surface area contributed by atoms with Gasteiger partial charge in [0.05, 0.1) is 20.9 Å². The third-order valence-electron chi connectivity index (χ3n) is 3.81. The number of non-ortho nitro benzene ring substituents is 1. The molecule has 106 valence electrons. The summed E-state index contributed by atoms with van der Waals surface area (Å²) in [6, 6.07) is 6.09. The highest BCUT2D eigenvalue weighted by atomic mass is 32.2. The minimum atomic E-state index is -0.930. The van der Waals surface area contributed by atoms with Crippen LogP contribution in [-0.2, 0) is 10.8 Å². The minimum Gasteiger partial charge on any atom is -0.382 e. The molecule has 2 rings (SSSR count). The molecule has 0 radical (unpaired) electrons. The minimum absolute atomic E-state index is 0.107. The van der Waals surface area contributed by atoms with Crippen molar-refractivity contribution in [3.05, 3.63) is 33.9 Å². The van der Waals surface area contributed by atoms with Crippen LogP contribution >= 0.6 is 0 Å². The summed E-state index contributed by atoms with van der Waals surface area (Å²) < 4.78 is 11.6. The van der Waals surface area contributed by atoms with Gasteiger partial charge in [-0.1, -0.05) is 6.42 Å². The maximum absolute atomic E-state index is 11.8. The van der Waals surface area contributed by atoms with Crippen molar-refractivity contribution in [1.29, 1.82) is 5.26 Å². The maximum Gasteiger partial charge on any atom is 0.270 e. The summed E-state index contributed by atoms with van der Waals surface area (Å²) in [4.78, 5) is 10.1. The van der Waals surface area contributed by atoms with E-state index in [1.54, 1.807) is 6.26 Å². The second-order valence-corrected chi connectivity index (χ2v) is 6.72. The second kappa shape index (κ2) is 5.59. The van der Waals surface area contributed by atoms with Crippen molar-refractivity contribution in [2.24, 2.45) is 0 Å². The summed E-state index contributed by atoms with van der Waals surface area (Å²) in [5.41, 5.74) is 0.676. The molecule has 1 atom stereocenters. The van der Waals surface area contributed by atoms with Crippen LogP contribution in [0.25, 0.3) is 0 Å². The molecule has 1 aliphatic carbocycles. The molecule has 1 unspecified atom stereocenters. The normalized spacial score (nSPS) is 17.6. The van der Waals surface area contributed by atoms with Crippen molar-refractivity contribution < 1.29 is 9.13 Å². The third-order valence-corrected chi connectivity index (χ3v) is 5.58. The lowest BCUT2D eigenvalue weighted by atomic mass is 9.84. The van der Waals surface area contributed by atoms with Crippen LogP contribution in [0.3, 0.4) is 0 Å². The van der Waals surface area contributed by atoms with Gasteiger partial charge in [0, 0.05) is 35.7 Å². The zero-order valence-corrected chi connectivity index (χ0v) is 11.9. The average molecular weight is 293 g/mol. The zero-order chi connectivity index (χ0) is 14.8. The molecule has 1 fully saturated rings. The van der Waals surface area contributed by atoms with Crippen LogP contribution in [0.15, 0.2) is 18.2 Å². The van der Waals surface area contributed by atoms with Gasteiger partial charge in [0.15, 0.2) is 0 Å². The SMILES string of the molecule is CS(=O)C1(CNc2ccc([N+](=O)[O-])cc2C#N)CCC1. The van der Waals surface area contributed by atoms with E-state index in [0.717, 1.165) is 19.3 Å². The van der Waals surface area contributed by atoms with Gasteiger partial charge in [-0.3, -0.25) is 14.3 Å². The van der Waals surface area contributed by atoms with Gasteiger partial charge in [0.1, 0.15) is 6.07 Å². The van der Waals surface area contributed by atoms with Gasteiger partial charge in [0.2, 0.25) is 0 Å². The molecule has 1 aromatic rings. The molecule has 0 aromatic heterocycles. The molecule has 6 nitrogen and oxygen atoms in total. The van der Waals surface area contributed by atoms with Crippen molar-refractivity contribution in [3.63, 3.8) is 0 Å². The quantitative estimate of drug-likeness (QED) is 0.663. The summed E-state index contributed by atoms with van der Waals surface area (Å²) in [7, 11) is -0.930. The third kappa shape index (κ3) is 2.65. The molecule has 0 aliphatic heterocycles. The summed E-state index contributed by atoms with van der Waals surface area (Å²) in [6.07, 6.45) is 4.56. The molecule has 1 aliphatic rings. The first-order valence-electron chi connectivity index (χ1n) is 6.24. The van der Waals surface area contributed by atoms with Crippen molar-refractivity contribution in [2.75, 3.05) is 18.1 Å². The average Bonchev–Trinajstić information content (AvgIpc) is 2.36. The largest absolute Gasteiger partial charge is 0.382 e. The van der Waals surface area contributed by atoms with Crippen LogP contribution in [-0.4, -0.2) is 26.7 Å². The summed E-state index contributed by atoms with van der Waals surface area (Å²) >= 11 is 0. The maximum atomic E-state index is 11.8. The van der Waals surface area contributed by atoms with E-state index in [2.05, 4.69) is 5.32 Å². The summed E-state index contributed by atoms with van der Waals surface area (Å²) in [5, 5.41) is 22.9. The van der Waals surface area contributed by atoms with Crippen LogP contribution in [0.2, 0.25) is 0 Å². The molecular weight excluding hydrogens is 278 g/mol. The van der Waals surface area contributed by atoms with E-state index in [0.29, 0.717) is 12.2 Å². The second-order valence-electron chi connectivity index (χ2n) is 4.94. The van der Waals surface area contributed by atoms with Gasteiger partial charge in [-0.2, -0.15) is 5.26 Å². The monoisotopic (exact) mass is 293 g/mol. The molecule has 0 saturated heterocycles. The van der Waals surface area contributed by atoms with E-state index < -0.39 is 15.7 Å². The number of nitrogens with one attached hydrogen (secondary N) is 1. The number of hydrogen-bond donors (Lipinski definition) is 1. The lowest BCUT2D eigenvalue weighted by Gasteiger charge is -2.40. The number of anilines is 1. The Hall–Kier alpha value is -1.94. The van der Waals surface area contributed by atoms with Gasteiger partial charge >= 0.3 is 0 Å². The fourth-order valence-corrected chi connectivity index (χ4v) is 3.42. The Morgan fingerprint density at radius 3 is 2.70 bits per heavy atom. The van der Waals surface area contributed by atoms with E-state index in [9.17, 15) is 14.3 Å². The molecule has 0 amide bonds. The van der Waals surface area contributed by atoms with E-state index in [4.69, 9.17) is 5.26 Å². The Kier molecular flexibility index (Phi) is 4.04. The fourth-order valence-electron chi connectivity index (χ4n) is 2.29. The van der Waals surface area contributed by atoms with Crippen LogP contribution in [0.1, 0.15) is 24.8 Å². The summed E-state index contributed by atoms with van der Waals surface area (Å²) in [6.45, 7) is 0.516. The van der Waals surface area contributed by atoms with Gasteiger partial charge in [-0.25, -0.2) is 0 Å². The van der Waals surface area contributed by atoms with Gasteiger partial charge in [0.25, 0.3) is 5.69 Å². The number of nitrogens with zero attached hydrogens (tertiary/aromatic N) is 2. The van der Waals surface area contributed by atoms with Crippen molar-refractivity contribution >= 4 is 22.2 Å². The number of nitro benzene ring substituents is 1. The highest BCUT2D eigenvalue weighted by Crippen LogP contribution is 2.37. The number of nitriles is 1. The molecule has 1 aromatic carbocycles. The highest BCUT2D eigenvalue weighted by Gasteiger charge is 2.40. The number of nitro groups is 1. The first-order chi connectivity index (χ1) is 9.48. The van der Waals surface area contributed by atoms with E-state index >= 15 is 0 Å². The van der Waals surface area contributed by atoms with Crippen LogP contribution in [0, 0.1) is 21.4 Å². The van der Waals surface area contributed by atoms with Gasteiger partial charge in [-0.15, -0.1) is 0 Å².